The van der Waals surface area contributed by atoms with Crippen LogP contribution in [0.25, 0.3) is 0 Å². The molecule has 0 radical (unpaired) electrons. The van der Waals surface area contributed by atoms with Crippen molar-refractivity contribution in [3.63, 3.8) is 0 Å². The Morgan fingerprint density at radius 2 is 2.32 bits per heavy atom. The Morgan fingerprint density at radius 3 is 2.89 bits per heavy atom. The summed E-state index contributed by atoms with van der Waals surface area (Å²) >= 11 is 3.29. The van der Waals surface area contributed by atoms with E-state index < -0.39 is 0 Å². The molecule has 19 heavy (non-hydrogen) atoms. The number of ether oxygens (including phenoxy) is 1. The number of likely N-dealkylation sites (N-methyl/N-ethyl adjacent to an activating group) is 1. The van der Waals surface area contributed by atoms with Gasteiger partial charge >= 0.3 is 0 Å². The summed E-state index contributed by atoms with van der Waals surface area (Å²) in [7, 11) is 1.72. The summed E-state index contributed by atoms with van der Waals surface area (Å²) < 4.78 is 6.14. The number of nitrogen functional groups attached to an aromatic ring is 1. The minimum atomic E-state index is -0.158. The van der Waals surface area contributed by atoms with Crippen molar-refractivity contribution in [1.82, 2.24) is 9.88 Å². The van der Waals surface area contributed by atoms with Crippen LogP contribution in [-0.2, 0) is 4.74 Å². The van der Waals surface area contributed by atoms with E-state index in [0.717, 1.165) is 4.47 Å². The van der Waals surface area contributed by atoms with Crippen LogP contribution in [0.2, 0.25) is 0 Å². The molecule has 3 N–H and O–H groups in total. The van der Waals surface area contributed by atoms with E-state index in [9.17, 15) is 4.79 Å². The molecule has 0 saturated carbocycles. The summed E-state index contributed by atoms with van der Waals surface area (Å²) in [4.78, 5) is 17.9. The lowest BCUT2D eigenvalue weighted by atomic mass is 10.2. The van der Waals surface area contributed by atoms with E-state index in [-0.39, 0.29) is 12.0 Å². The highest BCUT2D eigenvalue weighted by atomic mass is 79.9. The molecule has 1 aromatic rings. The van der Waals surface area contributed by atoms with Gasteiger partial charge in [0.2, 0.25) is 0 Å². The fourth-order valence-electron chi connectivity index (χ4n) is 1.45. The molecule has 1 amide bonds. The van der Waals surface area contributed by atoms with Crippen molar-refractivity contribution in [1.29, 1.82) is 0 Å². The van der Waals surface area contributed by atoms with Crippen LogP contribution < -0.4 is 11.3 Å². The van der Waals surface area contributed by atoms with Crippen molar-refractivity contribution in [2.75, 3.05) is 25.6 Å². The van der Waals surface area contributed by atoms with Gasteiger partial charge in [-0.3, -0.25) is 4.79 Å². The van der Waals surface area contributed by atoms with E-state index in [0.29, 0.717) is 24.5 Å². The Morgan fingerprint density at radius 1 is 1.63 bits per heavy atom. The Bertz CT molecular complexity index is 440. The SMILES string of the molecule is CC(C)OCCN(C)C(=O)c1cc(Br)cnc1NN. The Kier molecular flexibility index (Phi) is 6.20. The first-order valence-corrected chi connectivity index (χ1v) is 6.74. The van der Waals surface area contributed by atoms with Crippen molar-refractivity contribution in [3.8, 4) is 0 Å². The number of hydrogen-bond donors (Lipinski definition) is 2. The van der Waals surface area contributed by atoms with Crippen molar-refractivity contribution >= 4 is 27.7 Å². The van der Waals surface area contributed by atoms with Gasteiger partial charge in [0.1, 0.15) is 0 Å². The lowest BCUT2D eigenvalue weighted by Crippen LogP contribution is -2.32. The largest absolute Gasteiger partial charge is 0.377 e. The number of nitrogens with two attached hydrogens (primary N) is 1. The standard InChI is InChI=1S/C12H19BrN4O2/c1-8(2)19-5-4-17(3)12(18)10-6-9(13)7-15-11(10)16-14/h6-8H,4-5,14H2,1-3H3,(H,15,16). The van der Waals surface area contributed by atoms with E-state index >= 15 is 0 Å². The highest BCUT2D eigenvalue weighted by Crippen LogP contribution is 2.18. The molecule has 1 rings (SSSR count). The third-order valence-corrected chi connectivity index (χ3v) is 2.88. The van der Waals surface area contributed by atoms with Crippen LogP contribution in [0.15, 0.2) is 16.7 Å². The maximum Gasteiger partial charge on any atom is 0.257 e. The van der Waals surface area contributed by atoms with Crippen LogP contribution >= 0.6 is 15.9 Å². The summed E-state index contributed by atoms with van der Waals surface area (Å²) in [5, 5.41) is 0. The molecule has 0 fully saturated rings. The second kappa shape index (κ2) is 7.42. The zero-order chi connectivity index (χ0) is 14.4. The van der Waals surface area contributed by atoms with E-state index in [2.05, 4.69) is 26.3 Å². The number of pyridine rings is 1. The number of amides is 1. The quantitative estimate of drug-likeness (QED) is 0.612. The second-order valence-corrected chi connectivity index (χ2v) is 5.26. The molecular weight excluding hydrogens is 312 g/mol. The molecule has 0 bridgehead atoms. The molecule has 1 heterocycles. The minimum Gasteiger partial charge on any atom is -0.377 e. The molecule has 1 aromatic heterocycles. The second-order valence-electron chi connectivity index (χ2n) is 4.34. The van der Waals surface area contributed by atoms with E-state index in [1.165, 1.54) is 0 Å². The van der Waals surface area contributed by atoms with Crippen LogP contribution in [0, 0.1) is 0 Å². The number of anilines is 1. The molecule has 106 valence electrons. The Balaban J connectivity index is 2.73. The Labute approximate surface area is 121 Å². The van der Waals surface area contributed by atoms with Gasteiger partial charge in [0.05, 0.1) is 18.3 Å². The molecule has 0 aliphatic heterocycles. The molecule has 7 heteroatoms. The monoisotopic (exact) mass is 330 g/mol. The highest BCUT2D eigenvalue weighted by Gasteiger charge is 2.17. The predicted octanol–water partition coefficient (Wildman–Crippen LogP) is 1.63. The molecular formula is C12H19BrN4O2. The number of aromatic nitrogens is 1. The summed E-state index contributed by atoms with van der Waals surface area (Å²) in [5.74, 6) is 5.55. The lowest BCUT2D eigenvalue weighted by molar-refractivity contribution is 0.0532. The molecule has 6 nitrogen and oxygen atoms in total. The molecule has 0 aliphatic rings. The zero-order valence-corrected chi connectivity index (χ0v) is 12.9. The zero-order valence-electron chi connectivity index (χ0n) is 11.3. The number of nitrogens with zero attached hydrogens (tertiary/aromatic N) is 2. The van der Waals surface area contributed by atoms with Gasteiger partial charge in [-0.05, 0) is 35.8 Å². The summed E-state index contributed by atoms with van der Waals surface area (Å²) in [5.41, 5.74) is 2.84. The molecule has 0 spiro atoms. The number of rotatable bonds is 6. The van der Waals surface area contributed by atoms with Crippen LogP contribution in [0.1, 0.15) is 24.2 Å². The number of hydrazine groups is 1. The normalized spacial score (nSPS) is 10.6. The average molecular weight is 331 g/mol. The van der Waals surface area contributed by atoms with Crippen LogP contribution in [0.3, 0.4) is 0 Å². The molecule has 0 saturated heterocycles. The van der Waals surface area contributed by atoms with Crippen LogP contribution in [0.4, 0.5) is 5.82 Å². The third kappa shape index (κ3) is 4.77. The van der Waals surface area contributed by atoms with Gasteiger partial charge in [0.25, 0.3) is 5.91 Å². The number of halogens is 1. The van der Waals surface area contributed by atoms with Gasteiger partial charge in [0.15, 0.2) is 5.82 Å². The van der Waals surface area contributed by atoms with Crippen molar-refractivity contribution < 1.29 is 9.53 Å². The van der Waals surface area contributed by atoms with E-state index in [4.69, 9.17) is 10.6 Å². The molecule has 0 unspecified atom stereocenters. The van der Waals surface area contributed by atoms with Crippen LogP contribution in [-0.4, -0.2) is 42.1 Å². The average Bonchev–Trinajstić information content (AvgIpc) is 2.37. The first-order chi connectivity index (χ1) is 8.95. The number of nitrogens with one attached hydrogen (secondary N) is 1. The fraction of sp³-hybridized carbons (Fsp3) is 0.500. The predicted molar refractivity (Wildman–Crippen MR) is 77.8 cm³/mol. The number of carbonyl (C=O) groups excluding carboxylic acids is 1. The maximum absolute atomic E-state index is 12.3. The molecule has 0 aliphatic carbocycles. The topological polar surface area (TPSA) is 80.5 Å². The first kappa shape index (κ1) is 15.9. The third-order valence-electron chi connectivity index (χ3n) is 2.45. The van der Waals surface area contributed by atoms with Gasteiger partial charge in [0, 0.05) is 24.3 Å². The lowest BCUT2D eigenvalue weighted by Gasteiger charge is -2.19. The fourth-order valence-corrected chi connectivity index (χ4v) is 1.78. The van der Waals surface area contributed by atoms with Crippen LogP contribution in [0.5, 0.6) is 0 Å². The van der Waals surface area contributed by atoms with Gasteiger partial charge in [-0.1, -0.05) is 0 Å². The van der Waals surface area contributed by atoms with Crippen molar-refractivity contribution in [3.05, 3.63) is 22.3 Å². The minimum absolute atomic E-state index is 0.150. The maximum atomic E-state index is 12.3. The highest BCUT2D eigenvalue weighted by molar-refractivity contribution is 9.10. The van der Waals surface area contributed by atoms with Crippen molar-refractivity contribution in [2.45, 2.75) is 20.0 Å². The van der Waals surface area contributed by atoms with Gasteiger partial charge in [-0.2, -0.15) is 0 Å². The van der Waals surface area contributed by atoms with Crippen molar-refractivity contribution in [2.24, 2.45) is 5.84 Å². The first-order valence-electron chi connectivity index (χ1n) is 5.95. The van der Waals surface area contributed by atoms with Gasteiger partial charge < -0.3 is 15.1 Å². The van der Waals surface area contributed by atoms with Gasteiger partial charge in [-0.15, -0.1) is 0 Å². The van der Waals surface area contributed by atoms with E-state index in [1.54, 1.807) is 24.2 Å². The molecule has 0 atom stereocenters. The summed E-state index contributed by atoms with van der Waals surface area (Å²) in [6.07, 6.45) is 1.73. The molecule has 0 aromatic carbocycles. The summed E-state index contributed by atoms with van der Waals surface area (Å²) in [6.45, 7) is 4.91. The Hall–Kier alpha value is -1.18. The van der Waals surface area contributed by atoms with E-state index in [1.807, 2.05) is 13.8 Å². The number of carbonyl (C=O) groups is 1. The smallest absolute Gasteiger partial charge is 0.257 e. The van der Waals surface area contributed by atoms with Gasteiger partial charge in [-0.25, -0.2) is 10.8 Å². The number of hydrogen-bond acceptors (Lipinski definition) is 5. The summed E-state index contributed by atoms with van der Waals surface area (Å²) in [6, 6.07) is 1.68.